The summed E-state index contributed by atoms with van der Waals surface area (Å²) in [6, 6.07) is 0. The number of alkyl halides is 1. The van der Waals surface area contributed by atoms with Crippen LogP contribution in [0.1, 0.15) is 55.6 Å². The molecule has 1 aromatic heterocycles. The molecule has 1 saturated carbocycles. The van der Waals surface area contributed by atoms with Gasteiger partial charge in [-0.1, -0.05) is 41.6 Å². The molecule has 1 aromatic rings. The molecular weight excluding hydrogens is 292 g/mol. The Morgan fingerprint density at radius 1 is 1.28 bits per heavy atom. The summed E-state index contributed by atoms with van der Waals surface area (Å²) in [4.78, 5) is 9.25. The summed E-state index contributed by atoms with van der Waals surface area (Å²) in [7, 11) is 1.79. The molecule has 18 heavy (non-hydrogen) atoms. The standard InChI is InChI=1S/C14H21BrN2O/c1-11-10-16-13(17-12(11)9-15)14(18-2)7-5-3-4-6-8-14/h10H,3-9H2,1-2H3. The van der Waals surface area contributed by atoms with Crippen LogP contribution in [0.4, 0.5) is 0 Å². The molecule has 100 valence electrons. The van der Waals surface area contributed by atoms with Crippen molar-refractivity contribution in [3.63, 3.8) is 0 Å². The zero-order valence-corrected chi connectivity index (χ0v) is 12.8. The van der Waals surface area contributed by atoms with E-state index in [2.05, 4.69) is 20.9 Å². The van der Waals surface area contributed by atoms with Gasteiger partial charge in [0.1, 0.15) is 5.60 Å². The second-order valence-electron chi connectivity index (χ2n) is 5.07. The molecule has 0 aliphatic heterocycles. The fourth-order valence-electron chi connectivity index (χ4n) is 2.65. The first kappa shape index (κ1) is 13.9. The van der Waals surface area contributed by atoms with E-state index in [0.717, 1.165) is 35.3 Å². The molecule has 1 aliphatic carbocycles. The second-order valence-corrected chi connectivity index (χ2v) is 5.63. The summed E-state index contributed by atoms with van der Waals surface area (Å²) in [5.41, 5.74) is 1.94. The molecule has 0 amide bonds. The lowest BCUT2D eigenvalue weighted by Crippen LogP contribution is -2.30. The highest BCUT2D eigenvalue weighted by Gasteiger charge is 2.35. The Kier molecular flexibility index (Phi) is 4.73. The van der Waals surface area contributed by atoms with Gasteiger partial charge in [-0.25, -0.2) is 9.97 Å². The second kappa shape index (κ2) is 6.11. The van der Waals surface area contributed by atoms with E-state index in [1.807, 2.05) is 13.1 Å². The zero-order chi connectivity index (χ0) is 13.0. The summed E-state index contributed by atoms with van der Waals surface area (Å²) in [5.74, 6) is 0.868. The van der Waals surface area contributed by atoms with E-state index in [0.29, 0.717) is 0 Å². The van der Waals surface area contributed by atoms with Crippen molar-refractivity contribution >= 4 is 15.9 Å². The normalized spacial score (nSPS) is 19.5. The van der Waals surface area contributed by atoms with Crippen LogP contribution in [0.2, 0.25) is 0 Å². The maximum Gasteiger partial charge on any atom is 0.160 e. The van der Waals surface area contributed by atoms with E-state index in [1.165, 1.54) is 25.7 Å². The van der Waals surface area contributed by atoms with Gasteiger partial charge in [-0.15, -0.1) is 0 Å². The van der Waals surface area contributed by atoms with Crippen molar-refractivity contribution in [1.29, 1.82) is 0 Å². The number of nitrogens with zero attached hydrogens (tertiary/aromatic N) is 2. The van der Waals surface area contributed by atoms with Crippen molar-refractivity contribution in [2.45, 2.75) is 56.4 Å². The Morgan fingerprint density at radius 3 is 2.50 bits per heavy atom. The summed E-state index contributed by atoms with van der Waals surface area (Å²) >= 11 is 3.49. The van der Waals surface area contributed by atoms with Crippen LogP contribution in [0.15, 0.2) is 6.20 Å². The first-order chi connectivity index (χ1) is 8.72. The van der Waals surface area contributed by atoms with Crippen LogP contribution in [0, 0.1) is 6.92 Å². The minimum atomic E-state index is -0.263. The van der Waals surface area contributed by atoms with Gasteiger partial charge in [0.15, 0.2) is 5.82 Å². The summed E-state index contributed by atoms with van der Waals surface area (Å²) in [6.07, 6.45) is 8.99. The number of methoxy groups -OCH3 is 1. The Hall–Kier alpha value is -0.480. The molecule has 0 saturated heterocycles. The number of aryl methyl sites for hydroxylation is 1. The fourth-order valence-corrected chi connectivity index (χ4v) is 3.22. The SMILES string of the molecule is COC1(c2ncc(C)c(CBr)n2)CCCCCC1. The van der Waals surface area contributed by atoms with Crippen LogP contribution < -0.4 is 0 Å². The maximum absolute atomic E-state index is 5.84. The largest absolute Gasteiger partial charge is 0.370 e. The lowest BCUT2D eigenvalue weighted by molar-refractivity contribution is -0.0353. The molecule has 4 heteroatoms. The van der Waals surface area contributed by atoms with Crippen LogP contribution in [0.3, 0.4) is 0 Å². The van der Waals surface area contributed by atoms with Gasteiger partial charge in [0.2, 0.25) is 0 Å². The van der Waals surface area contributed by atoms with E-state index in [-0.39, 0.29) is 5.60 Å². The van der Waals surface area contributed by atoms with Crippen molar-refractivity contribution in [2.24, 2.45) is 0 Å². The quantitative estimate of drug-likeness (QED) is 0.627. The predicted molar refractivity (Wildman–Crippen MR) is 75.8 cm³/mol. The number of hydrogen-bond acceptors (Lipinski definition) is 3. The number of ether oxygens (including phenoxy) is 1. The molecule has 0 spiro atoms. The fraction of sp³-hybridized carbons (Fsp3) is 0.714. The van der Waals surface area contributed by atoms with Crippen molar-refractivity contribution in [3.8, 4) is 0 Å². The van der Waals surface area contributed by atoms with Crippen molar-refractivity contribution in [1.82, 2.24) is 9.97 Å². The third kappa shape index (κ3) is 2.75. The van der Waals surface area contributed by atoms with Crippen molar-refractivity contribution in [2.75, 3.05) is 7.11 Å². The van der Waals surface area contributed by atoms with E-state index in [9.17, 15) is 0 Å². The molecule has 0 radical (unpaired) electrons. The van der Waals surface area contributed by atoms with E-state index < -0.39 is 0 Å². The van der Waals surface area contributed by atoms with Gasteiger partial charge in [-0.05, 0) is 25.3 Å². The number of hydrogen-bond donors (Lipinski definition) is 0. The Labute approximate surface area is 117 Å². The molecule has 2 rings (SSSR count). The molecule has 0 N–H and O–H groups in total. The average molecular weight is 313 g/mol. The average Bonchev–Trinajstić information content (AvgIpc) is 2.65. The lowest BCUT2D eigenvalue weighted by atomic mass is 9.93. The smallest absolute Gasteiger partial charge is 0.160 e. The Bertz CT molecular complexity index is 401. The van der Waals surface area contributed by atoms with E-state index in [4.69, 9.17) is 9.72 Å². The van der Waals surface area contributed by atoms with Crippen LogP contribution in [0.5, 0.6) is 0 Å². The van der Waals surface area contributed by atoms with Crippen molar-refractivity contribution in [3.05, 3.63) is 23.3 Å². The van der Waals surface area contributed by atoms with Gasteiger partial charge in [-0.2, -0.15) is 0 Å². The minimum absolute atomic E-state index is 0.263. The molecule has 0 aromatic carbocycles. The summed E-state index contributed by atoms with van der Waals surface area (Å²) < 4.78 is 5.84. The first-order valence-corrected chi connectivity index (χ1v) is 7.78. The molecular formula is C14H21BrN2O. The Morgan fingerprint density at radius 2 is 1.94 bits per heavy atom. The van der Waals surface area contributed by atoms with Crippen LogP contribution >= 0.6 is 15.9 Å². The third-order valence-electron chi connectivity index (χ3n) is 3.91. The molecule has 0 bridgehead atoms. The van der Waals surface area contributed by atoms with Crippen molar-refractivity contribution < 1.29 is 4.74 Å². The molecule has 0 unspecified atom stereocenters. The van der Waals surface area contributed by atoms with Gasteiger partial charge in [-0.3, -0.25) is 0 Å². The maximum atomic E-state index is 5.84. The minimum Gasteiger partial charge on any atom is -0.370 e. The highest BCUT2D eigenvalue weighted by molar-refractivity contribution is 9.08. The van der Waals surface area contributed by atoms with Gasteiger partial charge in [0.25, 0.3) is 0 Å². The monoisotopic (exact) mass is 312 g/mol. The number of halogens is 1. The highest BCUT2D eigenvalue weighted by Crippen LogP contribution is 2.37. The topological polar surface area (TPSA) is 35.0 Å². The highest BCUT2D eigenvalue weighted by atomic mass is 79.9. The van der Waals surface area contributed by atoms with Gasteiger partial charge in [0.05, 0.1) is 5.69 Å². The summed E-state index contributed by atoms with van der Waals surface area (Å²) in [5, 5.41) is 0.772. The number of rotatable bonds is 3. The van der Waals surface area contributed by atoms with Gasteiger partial charge >= 0.3 is 0 Å². The molecule has 1 aliphatic rings. The van der Waals surface area contributed by atoms with E-state index >= 15 is 0 Å². The van der Waals surface area contributed by atoms with E-state index in [1.54, 1.807) is 7.11 Å². The predicted octanol–water partition coefficient (Wildman–Crippen LogP) is 3.88. The molecule has 1 fully saturated rings. The summed E-state index contributed by atoms with van der Waals surface area (Å²) in [6.45, 7) is 2.05. The number of aromatic nitrogens is 2. The van der Waals surface area contributed by atoms with Gasteiger partial charge in [0, 0.05) is 18.6 Å². The van der Waals surface area contributed by atoms with Crippen LogP contribution in [-0.2, 0) is 15.7 Å². The molecule has 3 nitrogen and oxygen atoms in total. The first-order valence-electron chi connectivity index (χ1n) is 6.66. The lowest BCUT2D eigenvalue weighted by Gasteiger charge is -2.30. The van der Waals surface area contributed by atoms with Crippen LogP contribution in [0.25, 0.3) is 0 Å². The molecule has 0 atom stereocenters. The van der Waals surface area contributed by atoms with Gasteiger partial charge < -0.3 is 4.74 Å². The molecule has 1 heterocycles. The zero-order valence-electron chi connectivity index (χ0n) is 11.2. The Balaban J connectivity index is 2.36. The third-order valence-corrected chi connectivity index (χ3v) is 4.44. The van der Waals surface area contributed by atoms with Crippen LogP contribution in [-0.4, -0.2) is 17.1 Å².